The molecule has 0 saturated carbocycles. The van der Waals surface area contributed by atoms with Crippen molar-refractivity contribution in [3.63, 3.8) is 0 Å². The molecule has 5 heteroatoms. The van der Waals surface area contributed by atoms with Gasteiger partial charge in [0.25, 0.3) is 0 Å². The van der Waals surface area contributed by atoms with E-state index in [1.807, 2.05) is 54.6 Å². The van der Waals surface area contributed by atoms with Crippen LogP contribution in [0.4, 0.5) is 5.69 Å². The molecule has 1 aliphatic heterocycles. The molecule has 2 aromatic carbocycles. The van der Waals surface area contributed by atoms with Crippen molar-refractivity contribution in [3.05, 3.63) is 77.6 Å². The molecule has 1 heterocycles. The maximum atomic E-state index is 11.5. The predicted molar refractivity (Wildman–Crippen MR) is 70.8 cm³/mol. The molecule has 1 radical (unpaired) electrons. The van der Waals surface area contributed by atoms with Crippen molar-refractivity contribution in [2.24, 2.45) is 4.99 Å². The number of hydrogen-bond donors (Lipinski definition) is 0. The first-order valence-electron chi connectivity index (χ1n) is 5.66. The minimum Gasteiger partial charge on any atom is -0.639 e. The molecule has 1 amide bonds. The predicted octanol–water partition coefficient (Wildman–Crippen LogP) is 0.233. The maximum absolute atomic E-state index is 11.5. The van der Waals surface area contributed by atoms with Crippen LogP contribution in [-0.2, 0) is 25.2 Å². The van der Waals surface area contributed by atoms with Crippen molar-refractivity contribution in [3.8, 4) is 0 Å². The summed E-state index contributed by atoms with van der Waals surface area (Å²) in [6, 6.07) is 17.3. The first-order valence-corrected chi connectivity index (χ1v) is 5.66. The third-order valence-corrected chi connectivity index (χ3v) is 2.74. The number of benzodiazepines with no additional fused rings is 1. The zero-order chi connectivity index (χ0) is 12.4. The number of hydrogen-bond acceptors (Lipinski definition) is 2. The summed E-state index contributed by atoms with van der Waals surface area (Å²) in [4.78, 5) is 15.8. The van der Waals surface area contributed by atoms with Crippen LogP contribution in [0.5, 0.6) is 0 Å². The van der Waals surface area contributed by atoms with E-state index in [-0.39, 0.29) is 84.5 Å². The van der Waals surface area contributed by atoms with Crippen molar-refractivity contribution < 1.29 is 83.4 Å². The van der Waals surface area contributed by atoms with Gasteiger partial charge in [-0.25, -0.2) is 0 Å². The van der Waals surface area contributed by atoms with E-state index in [1.54, 1.807) is 0 Å². The van der Waals surface area contributed by atoms with Gasteiger partial charge in [-0.05, 0) is 0 Å². The molecule has 0 bridgehead atoms. The fourth-order valence-corrected chi connectivity index (χ4v) is 1.93. The van der Waals surface area contributed by atoms with Crippen LogP contribution in [0.2, 0.25) is 0 Å². The summed E-state index contributed by atoms with van der Waals surface area (Å²) in [6.45, 7) is 1.27. The van der Waals surface area contributed by atoms with Gasteiger partial charge in [-0.15, -0.1) is 12.2 Å². The Bertz CT molecular complexity index is 629. The van der Waals surface area contributed by atoms with Crippen LogP contribution in [0.1, 0.15) is 11.1 Å². The summed E-state index contributed by atoms with van der Waals surface area (Å²) >= 11 is 0. The summed E-state index contributed by atoms with van der Waals surface area (Å²) in [7, 11) is 0. The second kappa shape index (κ2) is 8.38. The second-order valence-corrected chi connectivity index (χ2v) is 3.94. The fraction of sp³-hybridized carbons (Fsp3) is 0. The largest absolute Gasteiger partial charge is 1.00 e. The first-order chi connectivity index (χ1) is 8.84. The minimum absolute atomic E-state index is 0. The molecular formula is C15H10N2ORbRe-. The van der Waals surface area contributed by atoms with Crippen molar-refractivity contribution in [2.45, 2.75) is 0 Å². The SMILES string of the molecule is O=C1[CH-]N=C(c2ccccc2)c2ccccc2[N-]1.[Rb+].[Re]. The monoisotopic (exact) mass is 506 g/mol. The molecule has 0 aromatic heterocycles. The molecule has 0 N–H and O–H groups in total. The quantitative estimate of drug-likeness (QED) is 0.512. The van der Waals surface area contributed by atoms with E-state index in [1.165, 1.54) is 6.54 Å². The summed E-state index contributed by atoms with van der Waals surface area (Å²) in [5.41, 5.74) is 3.30. The van der Waals surface area contributed by atoms with Crippen molar-refractivity contribution in [2.75, 3.05) is 0 Å². The second-order valence-electron chi connectivity index (χ2n) is 3.94. The average molecular weight is 506 g/mol. The molecular weight excluding hydrogens is 496 g/mol. The van der Waals surface area contributed by atoms with E-state index >= 15 is 0 Å². The maximum Gasteiger partial charge on any atom is 1.00 e. The van der Waals surface area contributed by atoms with Gasteiger partial charge in [-0.3, -0.25) is 0 Å². The first kappa shape index (κ1) is 18.0. The zero-order valence-electron chi connectivity index (χ0n) is 11.0. The number of benzene rings is 2. The molecule has 0 unspecified atom stereocenters. The van der Waals surface area contributed by atoms with Gasteiger partial charge in [0, 0.05) is 26.3 Å². The normalized spacial score (nSPS) is 12.4. The van der Waals surface area contributed by atoms with E-state index in [2.05, 4.69) is 10.3 Å². The van der Waals surface area contributed by atoms with Crippen LogP contribution in [0.15, 0.2) is 59.6 Å². The van der Waals surface area contributed by atoms with Gasteiger partial charge in [0.05, 0.1) is 0 Å². The van der Waals surface area contributed by atoms with E-state index < -0.39 is 0 Å². The van der Waals surface area contributed by atoms with Gasteiger partial charge in [-0.2, -0.15) is 0 Å². The average Bonchev–Trinajstić information content (AvgIpc) is 2.58. The number of para-hydroxylation sites is 1. The Kier molecular flexibility index (Phi) is 7.53. The molecule has 0 aliphatic carbocycles. The van der Waals surface area contributed by atoms with Gasteiger partial charge in [-0.1, -0.05) is 71.4 Å². The van der Waals surface area contributed by atoms with Crippen LogP contribution in [0.25, 0.3) is 5.32 Å². The van der Waals surface area contributed by atoms with Gasteiger partial charge < -0.3 is 15.1 Å². The smallest absolute Gasteiger partial charge is 0.639 e. The molecule has 0 saturated heterocycles. The molecule has 0 atom stereocenters. The van der Waals surface area contributed by atoms with E-state index in [9.17, 15) is 4.79 Å². The summed E-state index contributed by atoms with van der Waals surface area (Å²) in [6.07, 6.45) is 0. The number of fused-ring (bicyclic) bond motifs is 1. The van der Waals surface area contributed by atoms with Crippen molar-refractivity contribution in [1.82, 2.24) is 0 Å². The Balaban J connectivity index is 0.000001000. The molecule has 1 aliphatic rings. The minimum atomic E-state index is -0.326. The molecule has 20 heavy (non-hydrogen) atoms. The topological polar surface area (TPSA) is 43.5 Å². The third kappa shape index (κ3) is 3.98. The fourth-order valence-electron chi connectivity index (χ4n) is 1.93. The Morgan fingerprint density at radius 1 is 0.950 bits per heavy atom. The number of carbonyl (C=O) groups excluding carboxylic acids is 1. The molecule has 95 valence electrons. The zero-order valence-corrected chi connectivity index (χ0v) is 18.6. The van der Waals surface area contributed by atoms with Gasteiger partial charge in [0.2, 0.25) is 0 Å². The Hall–Kier alpha value is -0.0825. The number of carbonyl (C=O) groups is 1. The van der Waals surface area contributed by atoms with Gasteiger partial charge >= 0.3 is 58.2 Å². The van der Waals surface area contributed by atoms with Gasteiger partial charge in [0.15, 0.2) is 0 Å². The number of aliphatic imine (C=N–C) groups is 1. The van der Waals surface area contributed by atoms with Crippen LogP contribution in [0, 0.1) is 6.54 Å². The Labute approximate surface area is 180 Å². The van der Waals surface area contributed by atoms with Crippen molar-refractivity contribution in [1.29, 1.82) is 0 Å². The van der Waals surface area contributed by atoms with Crippen LogP contribution in [0.3, 0.4) is 0 Å². The van der Waals surface area contributed by atoms with Crippen LogP contribution in [-0.4, -0.2) is 11.6 Å². The van der Waals surface area contributed by atoms with Gasteiger partial charge in [0.1, 0.15) is 0 Å². The van der Waals surface area contributed by atoms with Crippen LogP contribution >= 0.6 is 0 Å². The van der Waals surface area contributed by atoms with Crippen LogP contribution < -0.4 is 58.2 Å². The number of rotatable bonds is 1. The number of amides is 1. The molecule has 0 fully saturated rings. The number of nitrogens with zero attached hydrogens (tertiary/aromatic N) is 2. The Morgan fingerprint density at radius 3 is 2.35 bits per heavy atom. The molecule has 0 spiro atoms. The summed E-state index contributed by atoms with van der Waals surface area (Å²) in [5, 5.41) is 4.01. The summed E-state index contributed by atoms with van der Waals surface area (Å²) < 4.78 is 0. The van der Waals surface area contributed by atoms with Crippen molar-refractivity contribution >= 4 is 17.3 Å². The molecule has 2 aromatic rings. The molecule has 3 nitrogen and oxygen atoms in total. The Morgan fingerprint density at radius 2 is 1.60 bits per heavy atom. The van der Waals surface area contributed by atoms with E-state index in [4.69, 9.17) is 0 Å². The van der Waals surface area contributed by atoms with E-state index in [0.717, 1.165) is 16.8 Å². The van der Waals surface area contributed by atoms with E-state index in [0.29, 0.717) is 5.69 Å². The standard InChI is InChI=1S/C15H11N2O.Rb.Re/c18-14-10-16-15(11-6-2-1-3-7-11)12-8-4-5-9-13(12)17-14;;/h1-10H,(H,16,17,18);;/q-1;+1;/p-1. The summed E-state index contributed by atoms with van der Waals surface area (Å²) in [5.74, 6) is -0.326. The molecule has 3 rings (SSSR count). The third-order valence-electron chi connectivity index (χ3n) is 2.74.